The molecule has 1 N–H and O–H groups in total. The molecule has 6 rings (SSSR count). The molecule has 1 amide bonds. The standard InChI is InChI=1S/C21H27N5O2/c1-22-21(27)20-23-19(28-24-20)13-26-11-14-6-7-17(26)12-25(10-14)18-8-15-4-2-3-5-16(15)9-18/h2-5,14,17-18H,6-13H2,1H3,(H,22,27)/t14-,17+/m0/s1. The van der Waals surface area contributed by atoms with Gasteiger partial charge in [-0.3, -0.25) is 14.6 Å². The lowest BCUT2D eigenvalue weighted by molar-refractivity contribution is 0.0949. The van der Waals surface area contributed by atoms with Gasteiger partial charge in [-0.2, -0.15) is 4.98 Å². The molecule has 3 aliphatic heterocycles. The Kier molecular flexibility index (Phi) is 4.64. The fourth-order valence-electron chi connectivity index (χ4n) is 5.20. The van der Waals surface area contributed by atoms with Crippen LogP contribution in [0.25, 0.3) is 0 Å². The Bertz CT molecular complexity index is 841. The number of nitrogens with one attached hydrogen (secondary N) is 1. The fraction of sp³-hybridized carbons (Fsp3) is 0.571. The van der Waals surface area contributed by atoms with Crippen LogP contribution in [0.15, 0.2) is 28.8 Å². The van der Waals surface area contributed by atoms with Crippen LogP contribution in [0.3, 0.4) is 0 Å². The number of carbonyl (C=O) groups excluding carboxylic acids is 1. The van der Waals surface area contributed by atoms with E-state index in [-0.39, 0.29) is 11.7 Å². The molecule has 2 bridgehead atoms. The first-order valence-electron chi connectivity index (χ1n) is 10.3. The average Bonchev–Trinajstić information content (AvgIpc) is 3.26. The lowest BCUT2D eigenvalue weighted by Crippen LogP contribution is -2.44. The maximum Gasteiger partial charge on any atom is 0.292 e. The van der Waals surface area contributed by atoms with Gasteiger partial charge in [0.05, 0.1) is 6.54 Å². The maximum absolute atomic E-state index is 11.7. The van der Waals surface area contributed by atoms with E-state index in [0.717, 1.165) is 13.1 Å². The van der Waals surface area contributed by atoms with Gasteiger partial charge in [0.15, 0.2) is 0 Å². The molecule has 2 atom stereocenters. The van der Waals surface area contributed by atoms with Crippen LogP contribution in [0.2, 0.25) is 0 Å². The van der Waals surface area contributed by atoms with Crippen LogP contribution in [0, 0.1) is 5.92 Å². The van der Waals surface area contributed by atoms with E-state index in [2.05, 4.69) is 49.5 Å². The van der Waals surface area contributed by atoms with E-state index >= 15 is 0 Å². The van der Waals surface area contributed by atoms with E-state index < -0.39 is 0 Å². The van der Waals surface area contributed by atoms with Gasteiger partial charge >= 0.3 is 0 Å². The monoisotopic (exact) mass is 381 g/mol. The summed E-state index contributed by atoms with van der Waals surface area (Å²) in [6.07, 6.45) is 4.87. The highest BCUT2D eigenvalue weighted by Crippen LogP contribution is 2.33. The molecule has 7 heteroatoms. The number of rotatable bonds is 4. The number of aromatic nitrogens is 2. The van der Waals surface area contributed by atoms with Gasteiger partial charge in [-0.25, -0.2) is 0 Å². The van der Waals surface area contributed by atoms with Gasteiger partial charge in [-0.15, -0.1) is 0 Å². The zero-order valence-corrected chi connectivity index (χ0v) is 16.3. The van der Waals surface area contributed by atoms with Gasteiger partial charge in [-0.1, -0.05) is 29.4 Å². The van der Waals surface area contributed by atoms with Crippen molar-refractivity contribution < 1.29 is 9.32 Å². The van der Waals surface area contributed by atoms with Crippen molar-refractivity contribution in [3.8, 4) is 0 Å². The van der Waals surface area contributed by atoms with Gasteiger partial charge in [0.1, 0.15) is 0 Å². The molecule has 7 nitrogen and oxygen atoms in total. The SMILES string of the molecule is CNC(=O)c1noc(CN2C[C@H]3CC[C@@H]2CN(C2Cc4ccccc4C2)C3)n1. The van der Waals surface area contributed by atoms with E-state index in [1.165, 1.54) is 43.4 Å². The number of fused-ring (bicyclic) bond motifs is 5. The third-order valence-electron chi connectivity index (χ3n) is 6.64. The Hall–Kier alpha value is -2.25. The Labute approximate surface area is 165 Å². The third kappa shape index (κ3) is 3.33. The normalized spacial score (nSPS) is 25.6. The predicted octanol–water partition coefficient (Wildman–Crippen LogP) is 1.49. The van der Waals surface area contributed by atoms with Crippen molar-refractivity contribution in [3.05, 3.63) is 47.1 Å². The van der Waals surface area contributed by atoms with Crippen molar-refractivity contribution in [2.75, 3.05) is 26.7 Å². The van der Waals surface area contributed by atoms with Crippen LogP contribution >= 0.6 is 0 Å². The van der Waals surface area contributed by atoms with Crippen molar-refractivity contribution in [1.29, 1.82) is 0 Å². The molecule has 28 heavy (non-hydrogen) atoms. The van der Waals surface area contributed by atoms with E-state index in [1.54, 1.807) is 7.05 Å². The Balaban J connectivity index is 1.27. The summed E-state index contributed by atoms with van der Waals surface area (Å²) in [4.78, 5) is 21.1. The van der Waals surface area contributed by atoms with Gasteiger partial charge < -0.3 is 9.84 Å². The summed E-state index contributed by atoms with van der Waals surface area (Å²) in [5, 5.41) is 6.34. The molecule has 0 saturated carbocycles. The molecule has 0 unspecified atom stereocenters. The highest BCUT2D eigenvalue weighted by molar-refractivity contribution is 5.89. The van der Waals surface area contributed by atoms with Crippen molar-refractivity contribution in [1.82, 2.24) is 25.3 Å². The van der Waals surface area contributed by atoms with E-state index in [1.807, 2.05) is 0 Å². The van der Waals surface area contributed by atoms with Crippen LogP contribution in [0.1, 0.15) is 40.5 Å². The van der Waals surface area contributed by atoms with Crippen LogP contribution in [0.5, 0.6) is 0 Å². The highest BCUT2D eigenvalue weighted by atomic mass is 16.5. The number of hydrogen-bond acceptors (Lipinski definition) is 6. The Morgan fingerprint density at radius 3 is 2.68 bits per heavy atom. The van der Waals surface area contributed by atoms with Crippen molar-refractivity contribution in [2.45, 2.75) is 44.3 Å². The lowest BCUT2D eigenvalue weighted by atomic mass is 9.95. The molecule has 1 aromatic heterocycles. The molecule has 1 aromatic carbocycles. The van der Waals surface area contributed by atoms with Crippen LogP contribution in [0.4, 0.5) is 0 Å². The minimum Gasteiger partial charge on any atom is -0.352 e. The molecule has 4 aliphatic rings. The molecule has 4 heterocycles. The smallest absolute Gasteiger partial charge is 0.292 e. The third-order valence-corrected chi connectivity index (χ3v) is 6.64. The number of carbonyl (C=O) groups is 1. The van der Waals surface area contributed by atoms with Crippen LogP contribution < -0.4 is 5.32 Å². The summed E-state index contributed by atoms with van der Waals surface area (Å²) in [6.45, 7) is 3.98. The number of nitrogens with zero attached hydrogens (tertiary/aromatic N) is 4. The Morgan fingerprint density at radius 1 is 1.14 bits per heavy atom. The lowest BCUT2D eigenvalue weighted by Gasteiger charge is -2.35. The van der Waals surface area contributed by atoms with Crippen LogP contribution in [-0.2, 0) is 19.4 Å². The van der Waals surface area contributed by atoms with E-state index in [4.69, 9.17) is 4.52 Å². The van der Waals surface area contributed by atoms with Gasteiger partial charge in [-0.05, 0) is 42.7 Å². The maximum atomic E-state index is 11.7. The number of benzene rings is 1. The summed E-state index contributed by atoms with van der Waals surface area (Å²) >= 11 is 0. The summed E-state index contributed by atoms with van der Waals surface area (Å²) in [5.74, 6) is 1.02. The topological polar surface area (TPSA) is 74.5 Å². The first-order chi connectivity index (χ1) is 13.7. The second-order valence-electron chi connectivity index (χ2n) is 8.40. The fourth-order valence-corrected chi connectivity index (χ4v) is 5.20. The largest absolute Gasteiger partial charge is 0.352 e. The summed E-state index contributed by atoms with van der Waals surface area (Å²) in [5.41, 5.74) is 3.04. The number of hydrogen-bond donors (Lipinski definition) is 1. The zero-order chi connectivity index (χ0) is 19.1. The number of amides is 1. The summed E-state index contributed by atoms with van der Waals surface area (Å²) in [6, 6.07) is 10.0. The minimum absolute atomic E-state index is 0.114. The quantitative estimate of drug-likeness (QED) is 0.865. The Morgan fingerprint density at radius 2 is 1.93 bits per heavy atom. The molecule has 0 spiro atoms. The average molecular weight is 381 g/mol. The summed E-state index contributed by atoms with van der Waals surface area (Å²) < 4.78 is 5.33. The van der Waals surface area contributed by atoms with Crippen LogP contribution in [-0.4, -0.2) is 64.6 Å². The minimum atomic E-state index is -0.306. The molecule has 148 valence electrons. The number of piperidine rings is 1. The summed E-state index contributed by atoms with van der Waals surface area (Å²) in [7, 11) is 1.57. The second kappa shape index (κ2) is 7.29. The predicted molar refractivity (Wildman–Crippen MR) is 104 cm³/mol. The molecule has 3 saturated heterocycles. The van der Waals surface area contributed by atoms with Crippen molar-refractivity contribution >= 4 is 5.91 Å². The van der Waals surface area contributed by atoms with E-state index in [0.29, 0.717) is 30.4 Å². The van der Waals surface area contributed by atoms with Crippen molar-refractivity contribution in [3.63, 3.8) is 0 Å². The second-order valence-corrected chi connectivity index (χ2v) is 8.40. The van der Waals surface area contributed by atoms with Gasteiger partial charge in [0, 0.05) is 38.8 Å². The van der Waals surface area contributed by atoms with Crippen molar-refractivity contribution in [2.24, 2.45) is 5.92 Å². The highest BCUT2D eigenvalue weighted by Gasteiger charge is 2.39. The molecule has 0 radical (unpaired) electrons. The molecule has 1 aliphatic carbocycles. The molecular weight excluding hydrogens is 354 g/mol. The van der Waals surface area contributed by atoms with Gasteiger partial charge in [0.25, 0.3) is 11.7 Å². The first kappa shape index (κ1) is 17.8. The zero-order valence-electron chi connectivity index (χ0n) is 16.3. The molecular formula is C21H27N5O2. The molecule has 2 aromatic rings. The first-order valence-corrected chi connectivity index (χ1v) is 10.3. The van der Waals surface area contributed by atoms with Gasteiger partial charge in [0.2, 0.25) is 5.89 Å². The van der Waals surface area contributed by atoms with E-state index in [9.17, 15) is 4.79 Å². The molecule has 3 fully saturated rings.